The van der Waals surface area contributed by atoms with Gasteiger partial charge < -0.3 is 9.05 Å². The summed E-state index contributed by atoms with van der Waals surface area (Å²) in [4.78, 5) is 22.7. The number of fused-ring (bicyclic) bond motifs is 2. The molecule has 6 nitrogen and oxygen atoms in total. The van der Waals surface area contributed by atoms with Gasteiger partial charge in [0.2, 0.25) is 0 Å². The first kappa shape index (κ1) is 18.5. The van der Waals surface area contributed by atoms with Gasteiger partial charge in [-0.15, -0.1) is 11.6 Å². The number of alkyl halides is 2. The highest BCUT2D eigenvalue weighted by atomic mass is 79.9. The van der Waals surface area contributed by atoms with Crippen molar-refractivity contribution in [2.45, 2.75) is 11.2 Å². The maximum atomic E-state index is 11.4. The molecule has 2 aromatic carbocycles. The molecule has 0 bridgehead atoms. The molecule has 0 unspecified atom stereocenters. The van der Waals surface area contributed by atoms with Gasteiger partial charge >= 0.3 is 0 Å². The Kier molecular flexibility index (Phi) is 5.38. The standard InChI is InChI=1S/C9H8BrNO2.C9H8ClNO2/c2*1-11-9(12)7-3-2-6(5-10)4-8(7)13-11/h2*2-4H,5H2,1H3. The van der Waals surface area contributed by atoms with Gasteiger partial charge in [0.25, 0.3) is 11.1 Å². The van der Waals surface area contributed by atoms with Gasteiger partial charge in [-0.25, -0.2) is 0 Å². The molecule has 4 rings (SSSR count). The lowest BCUT2D eigenvalue weighted by Gasteiger charge is -1.91. The van der Waals surface area contributed by atoms with Crippen molar-refractivity contribution < 1.29 is 9.05 Å². The Morgan fingerprint density at radius 3 is 1.81 bits per heavy atom. The van der Waals surface area contributed by atoms with Crippen LogP contribution in [-0.2, 0) is 25.3 Å². The summed E-state index contributed by atoms with van der Waals surface area (Å²) in [5.41, 5.74) is 3.08. The molecule has 0 aliphatic carbocycles. The second-order valence-electron chi connectivity index (χ2n) is 5.72. The largest absolute Gasteiger partial charge is 0.376 e. The van der Waals surface area contributed by atoms with Crippen LogP contribution in [0.25, 0.3) is 21.9 Å². The van der Waals surface area contributed by atoms with Crippen molar-refractivity contribution in [1.82, 2.24) is 9.48 Å². The van der Waals surface area contributed by atoms with E-state index >= 15 is 0 Å². The SMILES string of the molecule is Cn1oc2cc(CBr)ccc2c1=O.Cn1oc2cc(CCl)ccc2c1=O. The molecule has 0 fully saturated rings. The van der Waals surface area contributed by atoms with Crippen molar-refractivity contribution in [2.24, 2.45) is 14.1 Å². The second-order valence-corrected chi connectivity index (χ2v) is 6.54. The maximum absolute atomic E-state index is 11.4. The van der Waals surface area contributed by atoms with E-state index in [0.717, 1.165) is 16.5 Å². The van der Waals surface area contributed by atoms with Crippen LogP contribution in [0, 0.1) is 0 Å². The molecule has 0 amide bonds. The van der Waals surface area contributed by atoms with Crippen LogP contribution in [0.3, 0.4) is 0 Å². The number of hydrogen-bond donors (Lipinski definition) is 0. The first-order valence-corrected chi connectivity index (χ1v) is 9.40. The number of aromatic nitrogens is 2. The zero-order chi connectivity index (χ0) is 18.8. The van der Waals surface area contributed by atoms with E-state index in [9.17, 15) is 9.59 Å². The zero-order valence-electron chi connectivity index (χ0n) is 14.2. The molecule has 4 aromatic rings. The van der Waals surface area contributed by atoms with Crippen LogP contribution in [0.15, 0.2) is 55.0 Å². The molecule has 0 saturated carbocycles. The molecule has 8 heteroatoms. The predicted octanol–water partition coefficient (Wildman–Crippen LogP) is 3.90. The van der Waals surface area contributed by atoms with E-state index in [4.69, 9.17) is 20.6 Å². The summed E-state index contributed by atoms with van der Waals surface area (Å²) in [6.07, 6.45) is 0. The minimum absolute atomic E-state index is 0.0869. The van der Waals surface area contributed by atoms with Gasteiger partial charge in [0.05, 0.1) is 10.8 Å². The second kappa shape index (κ2) is 7.55. The van der Waals surface area contributed by atoms with Crippen LogP contribution >= 0.6 is 27.5 Å². The van der Waals surface area contributed by atoms with Crippen LogP contribution in [0.4, 0.5) is 0 Å². The molecule has 0 N–H and O–H groups in total. The summed E-state index contributed by atoms with van der Waals surface area (Å²) < 4.78 is 12.9. The number of hydrogen-bond acceptors (Lipinski definition) is 4. The molecule has 0 atom stereocenters. The van der Waals surface area contributed by atoms with Gasteiger partial charge in [0.1, 0.15) is 0 Å². The number of benzene rings is 2. The van der Waals surface area contributed by atoms with Crippen LogP contribution < -0.4 is 11.1 Å². The van der Waals surface area contributed by atoms with Gasteiger partial charge in [-0.2, -0.15) is 9.48 Å². The molecule has 0 saturated heterocycles. The highest BCUT2D eigenvalue weighted by Crippen LogP contribution is 2.15. The average Bonchev–Trinajstić information content (AvgIpc) is 3.10. The van der Waals surface area contributed by atoms with Gasteiger partial charge in [-0.1, -0.05) is 28.1 Å². The molecule has 0 aliphatic rings. The fourth-order valence-electron chi connectivity index (χ4n) is 2.52. The Morgan fingerprint density at radius 2 is 1.35 bits per heavy atom. The lowest BCUT2D eigenvalue weighted by molar-refractivity contribution is 0.323. The summed E-state index contributed by atoms with van der Waals surface area (Å²) >= 11 is 8.99. The third-order valence-corrected chi connectivity index (χ3v) is 4.86. The zero-order valence-corrected chi connectivity index (χ0v) is 16.5. The van der Waals surface area contributed by atoms with E-state index in [2.05, 4.69) is 15.9 Å². The van der Waals surface area contributed by atoms with E-state index in [1.165, 1.54) is 9.48 Å². The molecular weight excluding hydrogens is 424 g/mol. The van der Waals surface area contributed by atoms with Crippen molar-refractivity contribution >= 4 is 49.5 Å². The van der Waals surface area contributed by atoms with Gasteiger partial charge in [0, 0.05) is 25.3 Å². The highest BCUT2D eigenvalue weighted by molar-refractivity contribution is 9.08. The molecule has 2 heterocycles. The van der Waals surface area contributed by atoms with Gasteiger partial charge in [0.15, 0.2) is 11.2 Å². The van der Waals surface area contributed by atoms with E-state index in [0.29, 0.717) is 27.8 Å². The Morgan fingerprint density at radius 1 is 0.885 bits per heavy atom. The number of aryl methyl sites for hydroxylation is 2. The fraction of sp³-hybridized carbons (Fsp3) is 0.222. The van der Waals surface area contributed by atoms with E-state index < -0.39 is 0 Å². The normalized spacial score (nSPS) is 10.9. The van der Waals surface area contributed by atoms with Crippen LogP contribution in [0.2, 0.25) is 0 Å². The first-order valence-electron chi connectivity index (χ1n) is 7.74. The van der Waals surface area contributed by atoms with E-state index in [-0.39, 0.29) is 11.1 Å². The topological polar surface area (TPSA) is 70.3 Å². The Bertz CT molecular complexity index is 1090. The van der Waals surface area contributed by atoms with Crippen molar-refractivity contribution in [3.8, 4) is 0 Å². The molecule has 0 radical (unpaired) electrons. The third kappa shape index (κ3) is 3.50. The predicted molar refractivity (Wildman–Crippen MR) is 105 cm³/mol. The number of halogens is 2. The van der Waals surface area contributed by atoms with Crippen molar-refractivity contribution in [3.63, 3.8) is 0 Å². The highest BCUT2D eigenvalue weighted by Gasteiger charge is 2.07. The van der Waals surface area contributed by atoms with Crippen LogP contribution in [-0.4, -0.2) is 9.48 Å². The van der Waals surface area contributed by atoms with Crippen molar-refractivity contribution in [1.29, 1.82) is 0 Å². The lowest BCUT2D eigenvalue weighted by Crippen LogP contribution is -2.08. The maximum Gasteiger partial charge on any atom is 0.290 e. The van der Waals surface area contributed by atoms with Crippen molar-refractivity contribution in [2.75, 3.05) is 0 Å². The molecule has 0 spiro atoms. The molecule has 136 valence electrons. The number of nitrogens with zero attached hydrogens (tertiary/aromatic N) is 2. The monoisotopic (exact) mass is 438 g/mol. The van der Waals surface area contributed by atoms with E-state index in [1.807, 2.05) is 18.2 Å². The van der Waals surface area contributed by atoms with Crippen LogP contribution in [0.1, 0.15) is 11.1 Å². The van der Waals surface area contributed by atoms with Crippen molar-refractivity contribution in [3.05, 3.63) is 68.2 Å². The fourth-order valence-corrected chi connectivity index (χ4v) is 3.04. The quantitative estimate of drug-likeness (QED) is 0.444. The Balaban J connectivity index is 0.000000151. The summed E-state index contributed by atoms with van der Waals surface area (Å²) in [5.74, 6) is 0.425. The molecule has 2 aromatic heterocycles. The van der Waals surface area contributed by atoms with Gasteiger partial charge in [-0.3, -0.25) is 9.59 Å². The molecule has 0 aliphatic heterocycles. The third-order valence-electron chi connectivity index (χ3n) is 3.90. The summed E-state index contributed by atoms with van der Waals surface area (Å²) in [5, 5.41) is 1.99. The van der Waals surface area contributed by atoms with E-state index in [1.54, 1.807) is 32.3 Å². The van der Waals surface area contributed by atoms with Crippen LogP contribution in [0.5, 0.6) is 0 Å². The Labute approximate surface area is 161 Å². The summed E-state index contributed by atoms with van der Waals surface area (Å²) in [7, 11) is 3.19. The minimum atomic E-state index is -0.115. The molecular formula is C18H16BrClN2O4. The summed E-state index contributed by atoms with van der Waals surface area (Å²) in [6.45, 7) is 0. The van der Waals surface area contributed by atoms with Gasteiger partial charge in [-0.05, 0) is 35.4 Å². The smallest absolute Gasteiger partial charge is 0.290 e. The first-order chi connectivity index (χ1) is 12.4. The molecule has 26 heavy (non-hydrogen) atoms. The lowest BCUT2D eigenvalue weighted by atomic mass is 10.2. The average molecular weight is 440 g/mol. The summed E-state index contributed by atoms with van der Waals surface area (Å²) in [6, 6.07) is 10.9. The Hall–Kier alpha value is -2.25. The minimum Gasteiger partial charge on any atom is -0.376 e. The number of rotatable bonds is 2.